The summed E-state index contributed by atoms with van der Waals surface area (Å²) < 4.78 is 12.9. The van der Waals surface area contributed by atoms with Gasteiger partial charge >= 0.3 is 6.09 Å². The number of carbonyl (C=O) groups excluding carboxylic acids is 1. The monoisotopic (exact) mass is 485 g/mol. The number of aliphatic imine (C=N–C) groups is 1. The van der Waals surface area contributed by atoms with Crippen molar-refractivity contribution >= 4 is 40.9 Å². The number of nitrogens with two attached hydrogens (primary N) is 1. The van der Waals surface area contributed by atoms with Crippen molar-refractivity contribution in [3.8, 4) is 11.3 Å². The van der Waals surface area contributed by atoms with E-state index in [4.69, 9.17) is 36.7 Å². The van der Waals surface area contributed by atoms with E-state index in [1.54, 1.807) is 16.7 Å². The lowest BCUT2D eigenvalue weighted by Gasteiger charge is -2.30. The van der Waals surface area contributed by atoms with E-state index >= 15 is 0 Å². The summed E-state index contributed by atoms with van der Waals surface area (Å²) in [6.07, 6.45) is -0.459. The smallest absolute Gasteiger partial charge is 0.419 e. The molecule has 1 atom stereocenters. The van der Waals surface area contributed by atoms with E-state index in [0.717, 1.165) is 16.5 Å². The number of halogens is 1. The Hall–Kier alpha value is -3.36. The van der Waals surface area contributed by atoms with Crippen molar-refractivity contribution in [3.63, 3.8) is 0 Å². The number of hydrogen-bond acceptors (Lipinski definition) is 6. The molecule has 0 spiro atoms. The van der Waals surface area contributed by atoms with E-state index in [2.05, 4.69) is 4.99 Å². The average molecular weight is 486 g/mol. The van der Waals surface area contributed by atoms with Crippen molar-refractivity contribution in [1.82, 2.24) is 4.57 Å². The minimum absolute atomic E-state index is 0.250. The largest absolute Gasteiger partial charge is 0.483 e. The fraction of sp³-hybridized carbons (Fsp3) is 0.320. The Morgan fingerprint density at radius 1 is 1.26 bits per heavy atom. The summed E-state index contributed by atoms with van der Waals surface area (Å²) in [4.78, 5) is 26.2. The van der Waals surface area contributed by atoms with Gasteiger partial charge in [0.05, 0.1) is 17.8 Å². The number of ether oxygens (including phenoxy) is 2. The molecule has 0 aliphatic carbocycles. The van der Waals surface area contributed by atoms with Gasteiger partial charge in [0.25, 0.3) is 6.47 Å². The van der Waals surface area contributed by atoms with Crippen LogP contribution in [0, 0.1) is 0 Å². The van der Waals surface area contributed by atoms with Crippen LogP contribution in [0.4, 0.5) is 4.79 Å². The third-order valence-corrected chi connectivity index (χ3v) is 5.38. The van der Waals surface area contributed by atoms with Crippen molar-refractivity contribution in [1.29, 1.82) is 0 Å². The maximum absolute atomic E-state index is 13.2. The van der Waals surface area contributed by atoms with Gasteiger partial charge in [-0.3, -0.25) is 9.79 Å². The topological polar surface area (TPSA) is 116 Å². The van der Waals surface area contributed by atoms with Gasteiger partial charge in [-0.15, -0.1) is 0 Å². The quantitative estimate of drug-likeness (QED) is 0.491. The van der Waals surface area contributed by atoms with Crippen molar-refractivity contribution in [2.75, 3.05) is 13.2 Å². The second kappa shape index (κ2) is 9.87. The number of amidine groups is 1. The standard InChI is InChI=1S/C24H26ClN3O3.CH2O2/c1-23(2,3)31-22(29)28-19(11-16-8-9-18(25)12-20(16)28)15-6-5-7-17(10-15)24(4)14-30-13-21(26)27-24;2-1-3/h5-12H,13-14H2,1-4H3,(H2,26,27);1H,(H,2,3). The molecule has 1 aliphatic heterocycles. The number of fused-ring (bicyclic) bond motifs is 1. The summed E-state index contributed by atoms with van der Waals surface area (Å²) in [5, 5.41) is 8.33. The lowest BCUT2D eigenvalue weighted by molar-refractivity contribution is -0.122. The fourth-order valence-corrected chi connectivity index (χ4v) is 3.95. The number of benzene rings is 2. The highest BCUT2D eigenvalue weighted by Crippen LogP contribution is 2.35. The van der Waals surface area contributed by atoms with Crippen LogP contribution in [0.25, 0.3) is 22.2 Å². The molecule has 2 aromatic carbocycles. The number of carbonyl (C=O) groups is 2. The van der Waals surface area contributed by atoms with E-state index < -0.39 is 17.2 Å². The first-order valence-electron chi connectivity index (χ1n) is 10.6. The van der Waals surface area contributed by atoms with Gasteiger partial charge in [0, 0.05) is 10.4 Å². The number of hydrogen-bond donors (Lipinski definition) is 2. The molecule has 34 heavy (non-hydrogen) atoms. The predicted octanol–water partition coefficient (Wildman–Crippen LogP) is 5.05. The molecule has 1 aromatic heterocycles. The maximum atomic E-state index is 13.2. The molecule has 180 valence electrons. The normalized spacial score (nSPS) is 18.0. The van der Waals surface area contributed by atoms with Gasteiger partial charge < -0.3 is 20.3 Å². The summed E-state index contributed by atoms with van der Waals surface area (Å²) in [5.41, 5.74) is 7.92. The van der Waals surface area contributed by atoms with E-state index in [1.165, 1.54) is 0 Å². The summed E-state index contributed by atoms with van der Waals surface area (Å²) in [7, 11) is 0. The van der Waals surface area contributed by atoms with Crippen LogP contribution in [-0.2, 0) is 19.8 Å². The number of rotatable bonds is 2. The average Bonchev–Trinajstić information content (AvgIpc) is 3.12. The summed E-state index contributed by atoms with van der Waals surface area (Å²) in [6, 6.07) is 15.4. The van der Waals surface area contributed by atoms with Crippen molar-refractivity contribution in [3.05, 3.63) is 59.1 Å². The summed E-state index contributed by atoms with van der Waals surface area (Å²) in [5.74, 6) is 0.469. The molecule has 3 aromatic rings. The fourth-order valence-electron chi connectivity index (χ4n) is 3.79. The SMILES string of the molecule is CC(C)(C)OC(=O)n1c(-c2cccc(C3(C)COCC(N)=N3)c2)cc2ccc(Cl)cc21.O=CO. The van der Waals surface area contributed by atoms with Crippen LogP contribution in [0.15, 0.2) is 53.5 Å². The van der Waals surface area contributed by atoms with Crippen molar-refractivity contribution < 1.29 is 24.2 Å². The van der Waals surface area contributed by atoms with Crippen LogP contribution in [0.5, 0.6) is 0 Å². The lowest BCUT2D eigenvalue weighted by Crippen LogP contribution is -2.37. The Labute approximate surface area is 202 Å². The van der Waals surface area contributed by atoms with Gasteiger partial charge in [0.15, 0.2) is 0 Å². The van der Waals surface area contributed by atoms with Gasteiger partial charge in [-0.25, -0.2) is 9.36 Å². The Bertz CT molecular complexity index is 1250. The molecule has 0 saturated heterocycles. The number of carboxylic acid groups (broad SMARTS) is 1. The number of aromatic nitrogens is 1. The summed E-state index contributed by atoms with van der Waals surface area (Å²) >= 11 is 6.24. The first kappa shape index (κ1) is 25.3. The third kappa shape index (κ3) is 5.58. The molecule has 4 rings (SSSR count). The minimum atomic E-state index is -0.634. The molecule has 0 fully saturated rings. The molecule has 9 heteroatoms. The first-order chi connectivity index (χ1) is 16.0. The molecule has 0 radical (unpaired) electrons. The molecule has 1 unspecified atom stereocenters. The van der Waals surface area contributed by atoms with Gasteiger partial charge in [0.1, 0.15) is 23.6 Å². The highest BCUT2D eigenvalue weighted by atomic mass is 35.5. The van der Waals surface area contributed by atoms with Crippen molar-refractivity contribution in [2.45, 2.75) is 38.8 Å². The Morgan fingerprint density at radius 3 is 2.62 bits per heavy atom. The second-order valence-corrected chi connectivity index (χ2v) is 9.54. The first-order valence-corrected chi connectivity index (χ1v) is 11.0. The Kier molecular flexibility index (Phi) is 7.33. The minimum Gasteiger partial charge on any atom is -0.483 e. The van der Waals surface area contributed by atoms with Crippen LogP contribution in [0.2, 0.25) is 5.02 Å². The van der Waals surface area contributed by atoms with Crippen LogP contribution < -0.4 is 5.73 Å². The highest BCUT2D eigenvalue weighted by Gasteiger charge is 2.31. The zero-order valence-electron chi connectivity index (χ0n) is 19.5. The third-order valence-electron chi connectivity index (χ3n) is 5.15. The van der Waals surface area contributed by atoms with E-state index in [0.29, 0.717) is 35.3 Å². The molecular formula is C25H28ClN3O5. The molecule has 1 aliphatic rings. The second-order valence-electron chi connectivity index (χ2n) is 9.10. The van der Waals surface area contributed by atoms with E-state index in [9.17, 15) is 4.79 Å². The molecule has 0 amide bonds. The number of nitrogens with zero attached hydrogens (tertiary/aromatic N) is 2. The van der Waals surface area contributed by atoms with Gasteiger partial charge in [-0.1, -0.05) is 35.9 Å². The molecule has 0 bridgehead atoms. The highest BCUT2D eigenvalue weighted by molar-refractivity contribution is 6.31. The van der Waals surface area contributed by atoms with Crippen LogP contribution in [0.1, 0.15) is 33.3 Å². The van der Waals surface area contributed by atoms with Crippen LogP contribution >= 0.6 is 11.6 Å². The molecule has 0 saturated carbocycles. The lowest BCUT2D eigenvalue weighted by atomic mass is 9.91. The predicted molar refractivity (Wildman–Crippen MR) is 133 cm³/mol. The van der Waals surface area contributed by atoms with E-state index in [-0.39, 0.29) is 6.47 Å². The van der Waals surface area contributed by atoms with Crippen LogP contribution in [-0.4, -0.2) is 46.9 Å². The summed E-state index contributed by atoms with van der Waals surface area (Å²) in [6.45, 7) is 8.04. The van der Waals surface area contributed by atoms with E-state index in [1.807, 2.05) is 64.1 Å². The molecule has 2 heterocycles. The molecular weight excluding hydrogens is 458 g/mol. The Morgan fingerprint density at radius 2 is 1.97 bits per heavy atom. The van der Waals surface area contributed by atoms with Gasteiger partial charge in [-0.05, 0) is 63.1 Å². The zero-order valence-corrected chi connectivity index (χ0v) is 20.3. The zero-order chi connectivity index (χ0) is 25.1. The maximum Gasteiger partial charge on any atom is 0.419 e. The Balaban J connectivity index is 0.00000103. The van der Waals surface area contributed by atoms with Gasteiger partial charge in [0.2, 0.25) is 0 Å². The van der Waals surface area contributed by atoms with Crippen molar-refractivity contribution in [2.24, 2.45) is 10.7 Å². The molecule has 8 nitrogen and oxygen atoms in total. The van der Waals surface area contributed by atoms with Crippen LogP contribution in [0.3, 0.4) is 0 Å². The molecule has 3 N–H and O–H groups in total. The van der Waals surface area contributed by atoms with Gasteiger partial charge in [-0.2, -0.15) is 0 Å².